The summed E-state index contributed by atoms with van der Waals surface area (Å²) in [6.07, 6.45) is -2.07. The number of nitrogens with one attached hydrogen (secondary N) is 1. The molecule has 0 fully saturated rings. The average Bonchev–Trinajstić information content (AvgIpc) is 2.27. The number of nitrogens with zero attached hydrogens (tertiary/aromatic N) is 1. The highest BCUT2D eigenvalue weighted by Crippen LogP contribution is 2.13. The van der Waals surface area contributed by atoms with Crippen molar-refractivity contribution in [2.45, 2.75) is 6.18 Å². The Morgan fingerprint density at radius 1 is 1.39 bits per heavy atom. The fraction of sp³-hybridized carbons (Fsp3) is 0.400. The van der Waals surface area contributed by atoms with Gasteiger partial charge in [0, 0.05) is 18.7 Å². The molecule has 1 heterocycles. The maximum Gasteiger partial charge on any atom is 0.411 e. The molecule has 18 heavy (non-hydrogen) atoms. The van der Waals surface area contributed by atoms with E-state index >= 15 is 0 Å². The highest BCUT2D eigenvalue weighted by Gasteiger charge is 2.27. The fourth-order valence-corrected chi connectivity index (χ4v) is 1.09. The summed E-state index contributed by atoms with van der Waals surface area (Å²) in [7, 11) is 0. The maximum absolute atomic E-state index is 11.7. The molecule has 5 nitrogen and oxygen atoms in total. The number of hydrogen-bond donors (Lipinski definition) is 1. The van der Waals surface area contributed by atoms with E-state index < -0.39 is 18.7 Å². The summed E-state index contributed by atoms with van der Waals surface area (Å²) in [6.45, 7) is -1.62. The molecule has 0 saturated carbocycles. The minimum absolute atomic E-state index is 0.0405. The van der Waals surface area contributed by atoms with Gasteiger partial charge in [-0.1, -0.05) is 0 Å². The minimum Gasteiger partial charge on any atom is -0.619 e. The molecule has 1 N–H and O–H groups in total. The molecule has 1 aromatic rings. The zero-order valence-electron chi connectivity index (χ0n) is 9.24. The van der Waals surface area contributed by atoms with Crippen LogP contribution in [0.25, 0.3) is 0 Å². The van der Waals surface area contributed by atoms with Crippen molar-refractivity contribution < 1.29 is 27.4 Å². The van der Waals surface area contributed by atoms with Crippen LogP contribution in [-0.2, 0) is 4.74 Å². The molecule has 0 spiro atoms. The number of alkyl halides is 3. The van der Waals surface area contributed by atoms with Gasteiger partial charge in [-0.3, -0.25) is 4.79 Å². The molecule has 1 rings (SSSR count). The van der Waals surface area contributed by atoms with Gasteiger partial charge >= 0.3 is 6.18 Å². The van der Waals surface area contributed by atoms with Crippen molar-refractivity contribution in [2.75, 3.05) is 19.8 Å². The van der Waals surface area contributed by atoms with Gasteiger partial charge in [0.1, 0.15) is 6.61 Å². The first-order chi connectivity index (χ1) is 8.38. The Balaban J connectivity index is 2.24. The Bertz CT molecular complexity index is 392. The molecule has 0 aliphatic rings. The Morgan fingerprint density at radius 3 is 2.56 bits per heavy atom. The van der Waals surface area contributed by atoms with E-state index in [1.807, 2.05) is 0 Å². The Hall–Kier alpha value is -1.83. The molecule has 1 amide bonds. The number of halogens is 3. The molecule has 0 atom stereocenters. The summed E-state index contributed by atoms with van der Waals surface area (Å²) in [5, 5.41) is 13.1. The summed E-state index contributed by atoms with van der Waals surface area (Å²) in [5.74, 6) is -0.480. The average molecular weight is 264 g/mol. The van der Waals surface area contributed by atoms with Gasteiger partial charge < -0.3 is 15.3 Å². The third-order valence-corrected chi connectivity index (χ3v) is 1.86. The lowest BCUT2D eigenvalue weighted by Crippen LogP contribution is -2.30. The Morgan fingerprint density at radius 2 is 2.00 bits per heavy atom. The van der Waals surface area contributed by atoms with Crippen LogP contribution in [0.3, 0.4) is 0 Å². The molecular weight excluding hydrogens is 253 g/mol. The molecule has 0 aliphatic carbocycles. The molecule has 0 radical (unpaired) electrons. The molecule has 8 heteroatoms. The first kappa shape index (κ1) is 14.2. The lowest BCUT2D eigenvalue weighted by atomic mass is 10.2. The van der Waals surface area contributed by atoms with Gasteiger partial charge in [0.05, 0.1) is 12.2 Å². The van der Waals surface area contributed by atoms with Gasteiger partial charge in [0.25, 0.3) is 5.91 Å². The van der Waals surface area contributed by atoms with Crippen LogP contribution >= 0.6 is 0 Å². The Kier molecular flexibility index (Phi) is 4.90. The van der Waals surface area contributed by atoms with E-state index in [9.17, 15) is 23.2 Å². The van der Waals surface area contributed by atoms with Crippen LogP contribution in [0.4, 0.5) is 13.2 Å². The highest BCUT2D eigenvalue weighted by atomic mass is 19.4. The van der Waals surface area contributed by atoms with Crippen LogP contribution in [0.15, 0.2) is 24.5 Å². The number of aromatic nitrogens is 1. The van der Waals surface area contributed by atoms with Crippen molar-refractivity contribution in [1.29, 1.82) is 0 Å². The molecule has 0 aromatic carbocycles. The highest BCUT2D eigenvalue weighted by molar-refractivity contribution is 5.93. The minimum atomic E-state index is -4.37. The van der Waals surface area contributed by atoms with Gasteiger partial charge in [-0.2, -0.15) is 17.9 Å². The van der Waals surface area contributed by atoms with E-state index in [1.54, 1.807) is 0 Å². The second-order valence-electron chi connectivity index (χ2n) is 3.37. The van der Waals surface area contributed by atoms with Gasteiger partial charge in [0.2, 0.25) is 0 Å². The van der Waals surface area contributed by atoms with E-state index in [2.05, 4.69) is 10.1 Å². The molecule has 0 saturated heterocycles. The third kappa shape index (κ3) is 5.48. The van der Waals surface area contributed by atoms with Gasteiger partial charge in [-0.25, -0.2) is 0 Å². The summed E-state index contributed by atoms with van der Waals surface area (Å²) in [6, 6.07) is 2.61. The number of carbonyl (C=O) groups is 1. The van der Waals surface area contributed by atoms with E-state index in [4.69, 9.17) is 0 Å². The van der Waals surface area contributed by atoms with E-state index in [-0.39, 0.29) is 18.7 Å². The van der Waals surface area contributed by atoms with Gasteiger partial charge in [-0.05, 0) is 0 Å². The molecule has 100 valence electrons. The van der Waals surface area contributed by atoms with Crippen LogP contribution in [0.1, 0.15) is 10.4 Å². The molecular formula is C10H11F3N2O3. The first-order valence-electron chi connectivity index (χ1n) is 5.00. The van der Waals surface area contributed by atoms with E-state index in [1.165, 1.54) is 12.1 Å². The van der Waals surface area contributed by atoms with Crippen molar-refractivity contribution in [3.05, 3.63) is 35.3 Å². The van der Waals surface area contributed by atoms with Crippen LogP contribution in [-0.4, -0.2) is 31.8 Å². The molecule has 1 aromatic heterocycles. The quantitative estimate of drug-likeness (QED) is 0.482. The summed E-state index contributed by atoms with van der Waals surface area (Å²) >= 11 is 0. The standard InChI is InChI=1S/C10H11F3N2O3/c11-10(12,13)7-18-6-3-14-9(16)8-1-4-15(17)5-2-8/h1-2,4-5H,3,6-7H2,(H,14,16). The van der Waals surface area contributed by atoms with Crippen LogP contribution in [0, 0.1) is 5.21 Å². The number of pyridine rings is 1. The topological polar surface area (TPSA) is 65.3 Å². The van der Waals surface area contributed by atoms with E-state index in [0.29, 0.717) is 4.73 Å². The lowest BCUT2D eigenvalue weighted by Gasteiger charge is -2.08. The molecule has 0 aliphatic heterocycles. The predicted molar refractivity (Wildman–Crippen MR) is 54.6 cm³/mol. The number of carbonyl (C=O) groups excluding carboxylic acids is 1. The SMILES string of the molecule is O=C(NCCOCC(F)(F)F)c1cc[n+]([O-])cc1. The Labute approximate surface area is 101 Å². The number of amides is 1. The van der Waals surface area contributed by atoms with E-state index in [0.717, 1.165) is 12.4 Å². The third-order valence-electron chi connectivity index (χ3n) is 1.86. The second kappa shape index (κ2) is 6.20. The fourth-order valence-electron chi connectivity index (χ4n) is 1.09. The number of hydrogen-bond acceptors (Lipinski definition) is 3. The van der Waals surface area contributed by atoms with Crippen molar-refractivity contribution >= 4 is 5.91 Å². The molecule has 0 unspecified atom stereocenters. The second-order valence-corrected chi connectivity index (χ2v) is 3.37. The number of rotatable bonds is 5. The summed E-state index contributed by atoms with van der Waals surface area (Å²) in [5.41, 5.74) is 0.248. The lowest BCUT2D eigenvalue weighted by molar-refractivity contribution is -0.605. The zero-order valence-corrected chi connectivity index (χ0v) is 9.24. The van der Waals surface area contributed by atoms with Crippen LogP contribution < -0.4 is 10.0 Å². The zero-order chi connectivity index (χ0) is 13.6. The monoisotopic (exact) mass is 264 g/mol. The van der Waals surface area contributed by atoms with Crippen molar-refractivity contribution in [1.82, 2.24) is 5.32 Å². The largest absolute Gasteiger partial charge is 0.619 e. The van der Waals surface area contributed by atoms with Crippen molar-refractivity contribution in [3.8, 4) is 0 Å². The van der Waals surface area contributed by atoms with Gasteiger partial charge in [0.15, 0.2) is 12.4 Å². The van der Waals surface area contributed by atoms with Crippen molar-refractivity contribution in [2.24, 2.45) is 0 Å². The normalized spacial score (nSPS) is 11.3. The van der Waals surface area contributed by atoms with Gasteiger partial charge in [-0.15, -0.1) is 0 Å². The maximum atomic E-state index is 11.7. The first-order valence-corrected chi connectivity index (χ1v) is 5.00. The van der Waals surface area contributed by atoms with Crippen molar-refractivity contribution in [3.63, 3.8) is 0 Å². The molecule has 0 bridgehead atoms. The number of ether oxygens (including phenoxy) is 1. The predicted octanol–water partition coefficient (Wildman–Crippen LogP) is 0.629. The van der Waals surface area contributed by atoms with Crippen LogP contribution in [0.2, 0.25) is 0 Å². The summed E-state index contributed by atoms with van der Waals surface area (Å²) in [4.78, 5) is 11.4. The van der Waals surface area contributed by atoms with Crippen LogP contribution in [0.5, 0.6) is 0 Å². The summed E-state index contributed by atoms with van der Waals surface area (Å²) < 4.78 is 39.9. The smallest absolute Gasteiger partial charge is 0.411 e.